The molecule has 0 radical (unpaired) electrons. The fourth-order valence-corrected chi connectivity index (χ4v) is 4.87. The molecule has 1 saturated heterocycles. The monoisotopic (exact) mass is 340 g/mol. The Morgan fingerprint density at radius 3 is 2.46 bits per heavy atom. The van der Waals surface area contributed by atoms with Gasteiger partial charge in [0.1, 0.15) is 13.8 Å². The first-order valence-corrected chi connectivity index (χ1v) is 12.2. The third kappa shape index (κ3) is 4.77. The van der Waals surface area contributed by atoms with E-state index in [0.717, 1.165) is 38.7 Å². The zero-order valence-electron chi connectivity index (χ0n) is 16.0. The molecule has 1 aromatic carbocycles. The molecule has 24 heavy (non-hydrogen) atoms. The summed E-state index contributed by atoms with van der Waals surface area (Å²) >= 11 is 0. The van der Waals surface area contributed by atoms with Gasteiger partial charge in [-0.15, -0.1) is 0 Å². The van der Waals surface area contributed by atoms with Gasteiger partial charge < -0.3 is 4.74 Å². The molecule has 130 valence electrons. The summed E-state index contributed by atoms with van der Waals surface area (Å²) in [6.07, 6.45) is 5.40. The quantitative estimate of drug-likeness (QED) is 0.364. The summed E-state index contributed by atoms with van der Waals surface area (Å²) in [6, 6.07) is 10.7. The SMILES string of the molecule is CC(C)(C)[Si](C)(C)/C(C#CCCCc1ccccc1)=C1/CCCO1. The molecule has 0 spiro atoms. The van der Waals surface area contributed by atoms with E-state index in [0.29, 0.717) is 5.04 Å². The van der Waals surface area contributed by atoms with E-state index < -0.39 is 8.07 Å². The minimum absolute atomic E-state index is 0.292. The molecule has 2 rings (SSSR count). The van der Waals surface area contributed by atoms with Gasteiger partial charge in [-0.1, -0.05) is 76.0 Å². The average Bonchev–Trinajstić information content (AvgIpc) is 3.04. The van der Waals surface area contributed by atoms with Gasteiger partial charge >= 0.3 is 0 Å². The van der Waals surface area contributed by atoms with Crippen molar-refractivity contribution < 1.29 is 4.74 Å². The Morgan fingerprint density at radius 2 is 1.88 bits per heavy atom. The first-order valence-electron chi connectivity index (χ1n) is 9.21. The average molecular weight is 341 g/mol. The molecule has 2 heteroatoms. The van der Waals surface area contributed by atoms with E-state index in [2.05, 4.69) is 76.0 Å². The summed E-state index contributed by atoms with van der Waals surface area (Å²) in [5, 5.41) is 1.65. The zero-order valence-corrected chi connectivity index (χ0v) is 17.0. The topological polar surface area (TPSA) is 9.23 Å². The first-order chi connectivity index (χ1) is 11.3. The van der Waals surface area contributed by atoms with Crippen molar-refractivity contribution in [1.82, 2.24) is 0 Å². The summed E-state index contributed by atoms with van der Waals surface area (Å²) in [7, 11) is -1.64. The highest BCUT2D eigenvalue weighted by Gasteiger charge is 2.40. The molecule has 0 aromatic heterocycles. The van der Waals surface area contributed by atoms with E-state index in [4.69, 9.17) is 4.74 Å². The smallest absolute Gasteiger partial charge is 0.103 e. The summed E-state index contributed by atoms with van der Waals surface area (Å²) < 4.78 is 5.93. The highest BCUT2D eigenvalue weighted by atomic mass is 28.3. The van der Waals surface area contributed by atoms with Crippen LogP contribution in [0.5, 0.6) is 0 Å². The molecule has 0 amide bonds. The third-order valence-corrected chi connectivity index (χ3v) is 10.8. The van der Waals surface area contributed by atoms with Crippen LogP contribution in [0.2, 0.25) is 18.1 Å². The maximum absolute atomic E-state index is 5.93. The molecule has 1 aliphatic heterocycles. The van der Waals surface area contributed by atoms with Crippen LogP contribution in [0.3, 0.4) is 0 Å². The Balaban J connectivity index is 2.06. The van der Waals surface area contributed by atoms with Gasteiger partial charge in [-0.2, -0.15) is 0 Å². The molecule has 0 saturated carbocycles. The van der Waals surface area contributed by atoms with Crippen LogP contribution in [0, 0.1) is 11.8 Å². The zero-order chi connectivity index (χ0) is 17.6. The van der Waals surface area contributed by atoms with Crippen molar-refractivity contribution in [3.63, 3.8) is 0 Å². The number of hydrogen-bond donors (Lipinski definition) is 0. The Kier molecular flexibility index (Phi) is 6.35. The molecule has 0 bridgehead atoms. The van der Waals surface area contributed by atoms with Crippen LogP contribution in [0.1, 0.15) is 52.0 Å². The normalized spacial score (nSPS) is 17.0. The van der Waals surface area contributed by atoms with Gasteiger partial charge in [0.15, 0.2) is 0 Å². The van der Waals surface area contributed by atoms with E-state index in [1.54, 1.807) is 0 Å². The lowest BCUT2D eigenvalue weighted by atomic mass is 10.1. The second kappa shape index (κ2) is 8.08. The standard InChI is InChI=1S/C22H32OSi/c1-22(2,3)24(4,5)21(20-16-12-18-23-20)17-11-7-10-15-19-13-8-6-9-14-19/h6,8-9,13-14H,7,10,12,15-16,18H2,1-5H3/b21-20-. The number of unbranched alkanes of at least 4 members (excludes halogenated alkanes) is 1. The molecule has 1 nitrogen and oxygen atoms in total. The number of hydrogen-bond acceptors (Lipinski definition) is 1. The Labute approximate surface area is 149 Å². The van der Waals surface area contributed by atoms with Crippen molar-refractivity contribution in [2.24, 2.45) is 0 Å². The lowest BCUT2D eigenvalue weighted by Crippen LogP contribution is -2.40. The van der Waals surface area contributed by atoms with Crippen molar-refractivity contribution in [3.8, 4) is 11.8 Å². The molecule has 0 N–H and O–H groups in total. The molecule has 0 unspecified atom stereocenters. The maximum atomic E-state index is 5.93. The predicted octanol–water partition coefficient (Wildman–Crippen LogP) is 6.12. The highest BCUT2D eigenvalue weighted by Crippen LogP contribution is 2.42. The van der Waals surface area contributed by atoms with Crippen molar-refractivity contribution in [1.29, 1.82) is 0 Å². The van der Waals surface area contributed by atoms with Gasteiger partial charge in [0, 0.05) is 18.0 Å². The van der Waals surface area contributed by atoms with Crippen LogP contribution in [-0.4, -0.2) is 14.7 Å². The largest absolute Gasteiger partial charge is 0.497 e. The second-order valence-electron chi connectivity index (χ2n) is 8.27. The maximum Gasteiger partial charge on any atom is 0.103 e. The minimum Gasteiger partial charge on any atom is -0.497 e. The molecule has 1 fully saturated rings. The van der Waals surface area contributed by atoms with Gasteiger partial charge in [0.2, 0.25) is 0 Å². The van der Waals surface area contributed by atoms with Crippen molar-refractivity contribution in [3.05, 3.63) is 46.9 Å². The fraction of sp³-hybridized carbons (Fsp3) is 0.545. The molecular formula is C22H32OSi. The number of allylic oxidation sites excluding steroid dienone is 2. The number of benzene rings is 1. The van der Waals surface area contributed by atoms with Crippen molar-refractivity contribution in [2.75, 3.05) is 6.61 Å². The number of ether oxygens (including phenoxy) is 1. The summed E-state index contributed by atoms with van der Waals surface area (Å²) in [6.45, 7) is 12.8. The fourth-order valence-electron chi connectivity index (χ4n) is 2.82. The second-order valence-corrected chi connectivity index (χ2v) is 13.5. The van der Waals surface area contributed by atoms with Crippen LogP contribution in [-0.2, 0) is 11.2 Å². The van der Waals surface area contributed by atoms with Crippen LogP contribution in [0.15, 0.2) is 41.3 Å². The van der Waals surface area contributed by atoms with E-state index in [1.165, 1.54) is 16.5 Å². The lowest BCUT2D eigenvalue weighted by molar-refractivity contribution is 0.262. The minimum atomic E-state index is -1.64. The number of rotatable bonds is 4. The predicted molar refractivity (Wildman–Crippen MR) is 107 cm³/mol. The molecule has 1 aliphatic rings. The summed E-state index contributed by atoms with van der Waals surface area (Å²) in [5.74, 6) is 8.21. The van der Waals surface area contributed by atoms with Gasteiger partial charge in [0.25, 0.3) is 0 Å². The molecule has 0 aliphatic carbocycles. The summed E-state index contributed by atoms with van der Waals surface area (Å²) in [4.78, 5) is 0. The summed E-state index contributed by atoms with van der Waals surface area (Å²) in [5.41, 5.74) is 1.40. The Bertz CT molecular complexity index is 615. The van der Waals surface area contributed by atoms with Crippen molar-refractivity contribution in [2.45, 2.75) is 71.0 Å². The van der Waals surface area contributed by atoms with Crippen LogP contribution >= 0.6 is 0 Å². The van der Waals surface area contributed by atoms with Gasteiger partial charge in [-0.3, -0.25) is 0 Å². The molecule has 1 heterocycles. The molecule has 1 aromatic rings. The molecular weight excluding hydrogens is 308 g/mol. The van der Waals surface area contributed by atoms with Crippen LogP contribution in [0.4, 0.5) is 0 Å². The molecule has 0 atom stereocenters. The van der Waals surface area contributed by atoms with Crippen LogP contribution < -0.4 is 0 Å². The number of aryl methyl sites for hydroxylation is 1. The Morgan fingerprint density at radius 1 is 1.17 bits per heavy atom. The Hall–Kier alpha value is -1.46. The van der Waals surface area contributed by atoms with Crippen molar-refractivity contribution >= 4 is 8.07 Å². The first kappa shape index (κ1) is 18.9. The van der Waals surface area contributed by atoms with E-state index in [9.17, 15) is 0 Å². The van der Waals surface area contributed by atoms with E-state index in [-0.39, 0.29) is 0 Å². The third-order valence-electron chi connectivity index (χ3n) is 5.43. The highest BCUT2D eigenvalue weighted by molar-refractivity contribution is 6.87. The van der Waals surface area contributed by atoms with E-state index >= 15 is 0 Å². The lowest BCUT2D eigenvalue weighted by Gasteiger charge is -2.37. The van der Waals surface area contributed by atoms with Crippen LogP contribution in [0.25, 0.3) is 0 Å². The van der Waals surface area contributed by atoms with Gasteiger partial charge in [0.05, 0.1) is 6.61 Å². The van der Waals surface area contributed by atoms with E-state index in [1.807, 2.05) is 0 Å². The van der Waals surface area contributed by atoms with Gasteiger partial charge in [-0.25, -0.2) is 0 Å². The van der Waals surface area contributed by atoms with Gasteiger partial charge in [-0.05, 0) is 29.9 Å².